The highest BCUT2D eigenvalue weighted by molar-refractivity contribution is 7.98. The van der Waals surface area contributed by atoms with Crippen molar-refractivity contribution in [1.82, 2.24) is 4.57 Å². The lowest BCUT2D eigenvalue weighted by atomic mass is 10.1. The molecule has 1 atom stereocenters. The molecule has 0 radical (unpaired) electrons. The van der Waals surface area contributed by atoms with Crippen molar-refractivity contribution in [1.29, 1.82) is 0 Å². The lowest BCUT2D eigenvalue weighted by Gasteiger charge is -2.38. The molecule has 0 spiro atoms. The van der Waals surface area contributed by atoms with Gasteiger partial charge in [0, 0.05) is 18.1 Å². The molecule has 2 aromatic carbocycles. The van der Waals surface area contributed by atoms with Crippen molar-refractivity contribution >= 4 is 26.0 Å². The zero-order valence-corrected chi connectivity index (χ0v) is 17.7. The number of carboxylic acid groups (broad SMARTS) is 1. The minimum atomic E-state index is -1.76. The molecule has 140 valence electrons. The number of thioether (sulfide) groups is 1. The Balaban J connectivity index is 2.00. The Bertz CT molecular complexity index is 673. The highest BCUT2D eigenvalue weighted by atomic mass is 32.2. The minimum Gasteiger partial charge on any atom is -0.480 e. The van der Waals surface area contributed by atoms with Crippen LogP contribution in [0.5, 0.6) is 0 Å². The first-order valence-corrected chi connectivity index (χ1v) is 13.6. The molecule has 2 rings (SSSR count). The third-order valence-corrected chi connectivity index (χ3v) is 7.65. The van der Waals surface area contributed by atoms with Crippen molar-refractivity contribution < 1.29 is 9.90 Å². The van der Waals surface area contributed by atoms with Crippen LogP contribution in [0.4, 0.5) is 0 Å². The molecule has 0 aliphatic carbocycles. The van der Waals surface area contributed by atoms with Crippen LogP contribution >= 0.6 is 11.8 Å². The molecule has 0 saturated carbocycles. The second-order valence-electron chi connectivity index (χ2n) is 7.45. The smallest absolute Gasteiger partial charge is 0.320 e. The topological polar surface area (TPSA) is 40.5 Å². The molecule has 0 saturated heterocycles. The summed E-state index contributed by atoms with van der Waals surface area (Å²) in [5.41, 5.74) is 2.40. The molecule has 1 N–H and O–H groups in total. The normalized spacial score (nSPS) is 12.9. The van der Waals surface area contributed by atoms with E-state index in [4.69, 9.17) is 0 Å². The molecular weight excluding hydrogens is 358 g/mol. The van der Waals surface area contributed by atoms with Gasteiger partial charge in [-0.05, 0) is 17.5 Å². The van der Waals surface area contributed by atoms with Crippen LogP contribution in [0.3, 0.4) is 0 Å². The maximum Gasteiger partial charge on any atom is 0.320 e. The van der Waals surface area contributed by atoms with Crippen molar-refractivity contribution in [2.45, 2.75) is 37.9 Å². The van der Waals surface area contributed by atoms with Crippen molar-refractivity contribution in [2.75, 3.05) is 12.3 Å². The maximum atomic E-state index is 12.0. The number of rotatable bonds is 10. The van der Waals surface area contributed by atoms with Crippen molar-refractivity contribution in [3.63, 3.8) is 0 Å². The molecule has 5 heteroatoms. The summed E-state index contributed by atoms with van der Waals surface area (Å²) in [4.78, 5) is 12.0. The summed E-state index contributed by atoms with van der Waals surface area (Å²) in [5.74, 6) is 1.19. The molecule has 0 heterocycles. The first kappa shape index (κ1) is 20.7. The standard InChI is InChI=1S/C21H29NO2SSi/c1-26(2,3)22(14-15-25-17-19-12-8-5-9-13-19)20(21(23)24)16-18-10-6-4-7-11-18/h4-13,20H,14-17H2,1-3H3,(H,23,24)/t20-/m0/s1. The summed E-state index contributed by atoms with van der Waals surface area (Å²) in [7, 11) is -1.76. The molecule has 2 aromatic rings. The van der Waals surface area contributed by atoms with Gasteiger partial charge in [0.05, 0.1) is 0 Å². The van der Waals surface area contributed by atoms with Gasteiger partial charge in [-0.2, -0.15) is 11.8 Å². The van der Waals surface area contributed by atoms with Gasteiger partial charge in [0.1, 0.15) is 14.3 Å². The Morgan fingerprint density at radius 2 is 1.54 bits per heavy atom. The number of carbonyl (C=O) groups is 1. The van der Waals surface area contributed by atoms with Gasteiger partial charge in [0.25, 0.3) is 0 Å². The van der Waals surface area contributed by atoms with E-state index in [-0.39, 0.29) is 0 Å². The quantitative estimate of drug-likeness (QED) is 0.472. The minimum absolute atomic E-state index is 0.457. The van der Waals surface area contributed by atoms with E-state index >= 15 is 0 Å². The van der Waals surface area contributed by atoms with Crippen LogP contribution in [0.1, 0.15) is 11.1 Å². The SMILES string of the molecule is C[Si](C)(C)N(CCSCc1ccccc1)[C@@H](Cc1ccccc1)C(=O)O. The van der Waals surface area contributed by atoms with E-state index in [1.54, 1.807) is 0 Å². The fourth-order valence-corrected chi connectivity index (χ4v) is 6.03. The largest absolute Gasteiger partial charge is 0.480 e. The summed E-state index contributed by atoms with van der Waals surface area (Å²) in [6, 6.07) is 19.9. The van der Waals surface area contributed by atoms with Gasteiger partial charge in [-0.3, -0.25) is 4.79 Å². The summed E-state index contributed by atoms with van der Waals surface area (Å²) in [5, 5.41) is 9.88. The lowest BCUT2D eigenvalue weighted by Crippen LogP contribution is -2.56. The van der Waals surface area contributed by atoms with Gasteiger partial charge in [-0.25, -0.2) is 0 Å². The van der Waals surface area contributed by atoms with Crippen LogP contribution < -0.4 is 0 Å². The Kier molecular flexibility index (Phi) is 7.94. The van der Waals surface area contributed by atoms with Crippen molar-refractivity contribution in [3.8, 4) is 0 Å². The van der Waals surface area contributed by atoms with E-state index in [1.807, 2.05) is 48.2 Å². The fraction of sp³-hybridized carbons (Fsp3) is 0.381. The monoisotopic (exact) mass is 387 g/mol. The first-order chi connectivity index (χ1) is 12.4. The molecule has 0 unspecified atom stereocenters. The Labute approximate surface area is 162 Å². The van der Waals surface area contributed by atoms with E-state index in [2.05, 4.69) is 48.5 Å². The maximum absolute atomic E-state index is 12.0. The third kappa shape index (κ3) is 6.63. The van der Waals surface area contributed by atoms with Crippen LogP contribution in [0.2, 0.25) is 19.6 Å². The molecule has 0 aliphatic rings. The van der Waals surface area contributed by atoms with Crippen molar-refractivity contribution in [2.24, 2.45) is 0 Å². The highest BCUT2D eigenvalue weighted by Gasteiger charge is 2.34. The van der Waals surface area contributed by atoms with E-state index in [9.17, 15) is 9.90 Å². The average Bonchev–Trinajstić information content (AvgIpc) is 2.61. The average molecular weight is 388 g/mol. The van der Waals surface area contributed by atoms with Gasteiger partial charge in [-0.1, -0.05) is 80.3 Å². The van der Waals surface area contributed by atoms with E-state index < -0.39 is 20.2 Å². The van der Waals surface area contributed by atoms with Gasteiger partial charge >= 0.3 is 5.97 Å². The molecular formula is C21H29NO2SSi. The molecule has 0 amide bonds. The lowest BCUT2D eigenvalue weighted by molar-refractivity contribution is -0.141. The molecule has 0 aromatic heterocycles. The summed E-state index contributed by atoms with van der Waals surface area (Å²) in [6.07, 6.45) is 0.559. The Morgan fingerprint density at radius 3 is 2.04 bits per heavy atom. The molecule has 0 bridgehead atoms. The van der Waals surface area contributed by atoms with Crippen molar-refractivity contribution in [3.05, 3.63) is 71.8 Å². The number of nitrogens with zero attached hydrogens (tertiary/aromatic N) is 1. The van der Waals surface area contributed by atoms with E-state index in [0.29, 0.717) is 6.42 Å². The zero-order chi connectivity index (χ0) is 19.0. The predicted molar refractivity (Wildman–Crippen MR) is 114 cm³/mol. The number of aliphatic carboxylic acids is 1. The molecule has 0 fully saturated rings. The molecule has 0 aliphatic heterocycles. The Hall–Kier alpha value is -1.56. The summed E-state index contributed by atoms with van der Waals surface area (Å²) < 4.78 is 2.26. The van der Waals surface area contributed by atoms with Crippen LogP contribution in [-0.4, -0.2) is 42.2 Å². The second kappa shape index (κ2) is 9.95. The number of hydrogen-bond acceptors (Lipinski definition) is 3. The van der Waals surface area contributed by atoms with E-state index in [1.165, 1.54) is 5.56 Å². The van der Waals surface area contributed by atoms with E-state index in [0.717, 1.165) is 23.6 Å². The van der Waals surface area contributed by atoms with Crippen LogP contribution in [0, 0.1) is 0 Å². The van der Waals surface area contributed by atoms with Crippen LogP contribution in [0.25, 0.3) is 0 Å². The van der Waals surface area contributed by atoms with Gasteiger partial charge in [0.15, 0.2) is 0 Å². The Morgan fingerprint density at radius 1 is 1.00 bits per heavy atom. The van der Waals surface area contributed by atoms with Gasteiger partial charge in [0.2, 0.25) is 0 Å². The zero-order valence-electron chi connectivity index (χ0n) is 15.9. The molecule has 26 heavy (non-hydrogen) atoms. The first-order valence-electron chi connectivity index (χ1n) is 9.03. The van der Waals surface area contributed by atoms with Crippen LogP contribution in [-0.2, 0) is 17.0 Å². The highest BCUT2D eigenvalue weighted by Crippen LogP contribution is 2.20. The predicted octanol–water partition coefficient (Wildman–Crippen LogP) is 4.75. The fourth-order valence-electron chi connectivity index (χ4n) is 3.05. The number of hydrogen-bond donors (Lipinski definition) is 1. The molecule has 3 nitrogen and oxygen atoms in total. The van der Waals surface area contributed by atoms with Gasteiger partial charge in [-0.15, -0.1) is 0 Å². The number of benzene rings is 2. The summed E-state index contributed by atoms with van der Waals surface area (Å²) >= 11 is 1.87. The van der Waals surface area contributed by atoms with Crippen LogP contribution in [0.15, 0.2) is 60.7 Å². The summed E-state index contributed by atoms with van der Waals surface area (Å²) in [6.45, 7) is 7.51. The third-order valence-electron chi connectivity index (χ3n) is 4.38. The van der Waals surface area contributed by atoms with Gasteiger partial charge < -0.3 is 9.67 Å². The number of carboxylic acids is 1. The second-order valence-corrected chi connectivity index (χ2v) is 13.5.